The Balaban J connectivity index is 1.66. The number of aryl methyl sites for hydroxylation is 4. The number of carbonyl (C=O) groups excluding carboxylic acids is 1. The van der Waals surface area contributed by atoms with E-state index in [0.717, 1.165) is 22.6 Å². The molecular weight excluding hydrogens is 346 g/mol. The van der Waals surface area contributed by atoms with Crippen LogP contribution in [0.2, 0.25) is 0 Å². The Morgan fingerprint density at radius 3 is 2.65 bits per heavy atom. The van der Waals surface area contributed by atoms with Gasteiger partial charge in [0.15, 0.2) is 0 Å². The van der Waals surface area contributed by atoms with Crippen LogP contribution in [0.4, 0.5) is 5.82 Å². The molecule has 136 valence electrons. The lowest BCUT2D eigenvalue weighted by Crippen LogP contribution is -2.13. The van der Waals surface area contributed by atoms with Crippen LogP contribution in [0.3, 0.4) is 0 Å². The first-order chi connectivity index (χ1) is 12.3. The number of hydrogen-bond acceptors (Lipinski definition) is 4. The molecule has 1 aromatic carbocycles. The average molecular weight is 369 g/mol. The number of amides is 1. The molecule has 3 rings (SSSR count). The molecule has 1 N–H and O–H groups in total. The molecule has 0 aliphatic carbocycles. The Labute approximate surface area is 157 Å². The Hall–Kier alpha value is -2.60. The van der Waals surface area contributed by atoms with Crippen LogP contribution < -0.4 is 10.1 Å². The zero-order chi connectivity index (χ0) is 18.8. The number of carbonyl (C=O) groups is 1. The molecule has 0 saturated carbocycles. The summed E-state index contributed by atoms with van der Waals surface area (Å²) in [5.41, 5.74) is 5.40. The summed E-state index contributed by atoms with van der Waals surface area (Å²) >= 11 is 1.41. The van der Waals surface area contributed by atoms with Gasteiger partial charge in [0, 0.05) is 18.7 Å². The number of thiophene rings is 1. The van der Waals surface area contributed by atoms with Crippen molar-refractivity contribution < 1.29 is 9.53 Å². The second kappa shape index (κ2) is 7.33. The summed E-state index contributed by atoms with van der Waals surface area (Å²) in [5.74, 6) is 1.45. The summed E-state index contributed by atoms with van der Waals surface area (Å²) in [6.07, 6.45) is 0. The van der Waals surface area contributed by atoms with Crippen molar-refractivity contribution >= 4 is 23.1 Å². The maximum absolute atomic E-state index is 12.4. The Bertz CT molecular complexity index is 956. The van der Waals surface area contributed by atoms with E-state index in [-0.39, 0.29) is 5.91 Å². The predicted molar refractivity (Wildman–Crippen MR) is 105 cm³/mol. The molecule has 3 aromatic rings. The van der Waals surface area contributed by atoms with Gasteiger partial charge in [0.1, 0.15) is 18.2 Å². The van der Waals surface area contributed by atoms with E-state index in [0.29, 0.717) is 17.3 Å². The zero-order valence-electron chi connectivity index (χ0n) is 15.7. The van der Waals surface area contributed by atoms with E-state index < -0.39 is 0 Å². The van der Waals surface area contributed by atoms with Crippen LogP contribution in [-0.4, -0.2) is 15.7 Å². The Morgan fingerprint density at radius 1 is 1.19 bits per heavy atom. The molecule has 0 aliphatic heterocycles. The van der Waals surface area contributed by atoms with Crippen molar-refractivity contribution in [2.75, 3.05) is 5.32 Å². The SMILES string of the molecule is Cc1cc(C)c(C)c(OCc2csc(C(=O)Nc3cc(C)nn3C)c2)c1. The number of anilines is 1. The molecule has 5 nitrogen and oxygen atoms in total. The molecule has 0 fully saturated rings. The molecule has 1 amide bonds. The zero-order valence-corrected chi connectivity index (χ0v) is 16.5. The van der Waals surface area contributed by atoms with Gasteiger partial charge < -0.3 is 10.1 Å². The normalized spacial score (nSPS) is 10.8. The number of nitrogens with zero attached hydrogens (tertiary/aromatic N) is 2. The van der Waals surface area contributed by atoms with E-state index in [2.05, 4.69) is 37.3 Å². The molecule has 0 saturated heterocycles. The molecule has 2 heterocycles. The van der Waals surface area contributed by atoms with Crippen LogP contribution >= 0.6 is 11.3 Å². The molecule has 0 bridgehead atoms. The van der Waals surface area contributed by atoms with Gasteiger partial charge in [0.25, 0.3) is 5.91 Å². The minimum atomic E-state index is -0.133. The highest BCUT2D eigenvalue weighted by Gasteiger charge is 2.13. The first-order valence-electron chi connectivity index (χ1n) is 8.43. The van der Waals surface area contributed by atoms with E-state index >= 15 is 0 Å². The van der Waals surface area contributed by atoms with Crippen molar-refractivity contribution in [2.45, 2.75) is 34.3 Å². The first kappa shape index (κ1) is 18.2. The van der Waals surface area contributed by atoms with Crippen molar-refractivity contribution in [2.24, 2.45) is 7.05 Å². The summed E-state index contributed by atoms with van der Waals surface area (Å²) in [4.78, 5) is 13.1. The number of hydrogen-bond donors (Lipinski definition) is 1. The van der Waals surface area contributed by atoms with Crippen LogP contribution in [-0.2, 0) is 13.7 Å². The monoisotopic (exact) mass is 369 g/mol. The molecule has 26 heavy (non-hydrogen) atoms. The fourth-order valence-corrected chi connectivity index (χ4v) is 3.58. The minimum absolute atomic E-state index is 0.133. The van der Waals surface area contributed by atoms with Crippen molar-refractivity contribution in [3.63, 3.8) is 0 Å². The number of benzene rings is 1. The molecule has 0 radical (unpaired) electrons. The fourth-order valence-electron chi connectivity index (χ4n) is 2.79. The molecular formula is C20H23N3O2S. The summed E-state index contributed by atoms with van der Waals surface area (Å²) in [6, 6.07) is 7.92. The molecule has 0 aliphatic rings. The van der Waals surface area contributed by atoms with Crippen molar-refractivity contribution in [1.29, 1.82) is 0 Å². The van der Waals surface area contributed by atoms with Crippen molar-refractivity contribution in [1.82, 2.24) is 9.78 Å². The molecule has 2 aromatic heterocycles. The third-order valence-electron chi connectivity index (χ3n) is 4.28. The van der Waals surface area contributed by atoms with Gasteiger partial charge in [-0.2, -0.15) is 5.10 Å². The number of nitrogens with one attached hydrogen (secondary N) is 1. The smallest absolute Gasteiger partial charge is 0.266 e. The fraction of sp³-hybridized carbons (Fsp3) is 0.300. The minimum Gasteiger partial charge on any atom is -0.489 e. The largest absolute Gasteiger partial charge is 0.489 e. The predicted octanol–water partition coefficient (Wildman–Crippen LogP) is 4.55. The van der Waals surface area contributed by atoms with Gasteiger partial charge in [-0.3, -0.25) is 9.48 Å². The lowest BCUT2D eigenvalue weighted by Gasteiger charge is -2.11. The molecule has 0 atom stereocenters. The summed E-state index contributed by atoms with van der Waals surface area (Å²) in [7, 11) is 1.81. The quantitative estimate of drug-likeness (QED) is 0.718. The van der Waals surface area contributed by atoms with Gasteiger partial charge in [-0.05, 0) is 61.9 Å². The third kappa shape index (κ3) is 3.96. The second-order valence-corrected chi connectivity index (χ2v) is 7.47. The van der Waals surface area contributed by atoms with E-state index in [4.69, 9.17) is 4.74 Å². The van der Waals surface area contributed by atoms with Crippen LogP contribution in [0.5, 0.6) is 5.75 Å². The maximum atomic E-state index is 12.4. The van der Waals surface area contributed by atoms with Crippen LogP contribution in [0, 0.1) is 27.7 Å². The topological polar surface area (TPSA) is 56.1 Å². The summed E-state index contributed by atoms with van der Waals surface area (Å²) in [5, 5.41) is 9.08. The molecule has 0 spiro atoms. The highest BCUT2D eigenvalue weighted by Crippen LogP contribution is 2.25. The van der Waals surface area contributed by atoms with Crippen LogP contribution in [0.25, 0.3) is 0 Å². The number of rotatable bonds is 5. The number of aromatic nitrogens is 2. The maximum Gasteiger partial charge on any atom is 0.266 e. The molecule has 0 unspecified atom stereocenters. The van der Waals surface area contributed by atoms with Gasteiger partial charge in [-0.25, -0.2) is 0 Å². The van der Waals surface area contributed by atoms with Gasteiger partial charge in [-0.15, -0.1) is 11.3 Å². The van der Waals surface area contributed by atoms with Gasteiger partial charge in [0.2, 0.25) is 0 Å². The highest BCUT2D eigenvalue weighted by atomic mass is 32.1. The van der Waals surface area contributed by atoms with Gasteiger partial charge >= 0.3 is 0 Å². The lowest BCUT2D eigenvalue weighted by molar-refractivity contribution is 0.102. The Kier molecular flexibility index (Phi) is 5.13. The first-order valence-corrected chi connectivity index (χ1v) is 9.31. The standard InChI is InChI=1S/C20H23N3O2S/c1-12-6-13(2)15(4)17(7-12)25-10-16-9-18(26-11-16)20(24)21-19-8-14(3)22-23(19)5/h6-9,11H,10H2,1-5H3,(H,21,24). The van der Waals surface area contributed by atoms with Crippen LogP contribution in [0.15, 0.2) is 29.6 Å². The summed E-state index contributed by atoms with van der Waals surface area (Å²) in [6.45, 7) is 8.55. The van der Waals surface area contributed by atoms with E-state index in [1.54, 1.807) is 4.68 Å². The van der Waals surface area contributed by atoms with Crippen molar-refractivity contribution in [3.8, 4) is 5.75 Å². The van der Waals surface area contributed by atoms with Crippen LogP contribution in [0.1, 0.15) is 37.6 Å². The van der Waals surface area contributed by atoms with E-state index in [1.807, 2.05) is 37.6 Å². The highest BCUT2D eigenvalue weighted by molar-refractivity contribution is 7.12. The molecule has 6 heteroatoms. The lowest BCUT2D eigenvalue weighted by atomic mass is 10.1. The van der Waals surface area contributed by atoms with Gasteiger partial charge in [0.05, 0.1) is 10.6 Å². The second-order valence-electron chi connectivity index (χ2n) is 6.56. The van der Waals surface area contributed by atoms with Gasteiger partial charge in [-0.1, -0.05) is 6.07 Å². The summed E-state index contributed by atoms with van der Waals surface area (Å²) < 4.78 is 7.64. The Morgan fingerprint density at radius 2 is 1.96 bits per heavy atom. The average Bonchev–Trinajstić information content (AvgIpc) is 3.16. The van der Waals surface area contributed by atoms with E-state index in [9.17, 15) is 4.79 Å². The van der Waals surface area contributed by atoms with Crippen molar-refractivity contribution in [3.05, 3.63) is 62.5 Å². The number of ether oxygens (including phenoxy) is 1. The van der Waals surface area contributed by atoms with E-state index in [1.165, 1.54) is 22.5 Å². The third-order valence-corrected chi connectivity index (χ3v) is 5.26.